The molecule has 2 rings (SSSR count). The third kappa shape index (κ3) is 7.72. The third-order valence-corrected chi connectivity index (χ3v) is 5.58. The highest BCUT2D eigenvalue weighted by Gasteiger charge is 2.29. The van der Waals surface area contributed by atoms with Crippen molar-refractivity contribution in [1.82, 2.24) is 10.2 Å². The van der Waals surface area contributed by atoms with Gasteiger partial charge in [0.2, 0.25) is 5.91 Å². The number of hydrogen-bond acceptors (Lipinski definition) is 5. The van der Waals surface area contributed by atoms with Crippen molar-refractivity contribution in [2.75, 3.05) is 20.8 Å². The second-order valence-corrected chi connectivity index (χ2v) is 8.51. The number of benzene rings is 2. The number of carbonyl (C=O) groups excluding carboxylic acids is 2. The number of methoxy groups -OCH3 is 2. The predicted octanol–water partition coefficient (Wildman–Crippen LogP) is 4.72. The summed E-state index contributed by atoms with van der Waals surface area (Å²) in [6.07, 6.45) is 0.429. The number of carbonyl (C=O) groups is 2. The van der Waals surface area contributed by atoms with Gasteiger partial charge in [-0.05, 0) is 38.0 Å². The fraction of sp³-hybridized carbons (Fsp3) is 0.417. The van der Waals surface area contributed by atoms with E-state index in [9.17, 15) is 9.59 Å². The average Bonchev–Trinajstić information content (AvgIpc) is 2.78. The Balaban J connectivity index is 2.28. The minimum Gasteiger partial charge on any atom is -0.496 e. The summed E-state index contributed by atoms with van der Waals surface area (Å²) in [5.74, 6) is 0.894. The Morgan fingerprint density at radius 3 is 2.09 bits per heavy atom. The van der Waals surface area contributed by atoms with E-state index < -0.39 is 6.04 Å². The molecule has 180 valence electrons. The Kier molecular flexibility index (Phi) is 10.1. The molecule has 0 bridgehead atoms. The molecule has 0 fully saturated rings. The number of halogens is 2. The SMILES string of the molecule is CCC(C(=O)NC(C)C)N(Cc1ccc(Cl)c(Cl)c1)C(=O)COc1cc(OC)cc(OC)c1. The van der Waals surface area contributed by atoms with Crippen molar-refractivity contribution in [1.29, 1.82) is 0 Å². The van der Waals surface area contributed by atoms with Gasteiger partial charge in [0.15, 0.2) is 6.61 Å². The molecule has 0 saturated carbocycles. The monoisotopic (exact) mass is 496 g/mol. The molecule has 0 saturated heterocycles. The second-order valence-electron chi connectivity index (χ2n) is 7.69. The number of rotatable bonds is 11. The zero-order chi connectivity index (χ0) is 24.5. The van der Waals surface area contributed by atoms with Crippen molar-refractivity contribution in [2.24, 2.45) is 0 Å². The fourth-order valence-corrected chi connectivity index (χ4v) is 3.55. The summed E-state index contributed by atoms with van der Waals surface area (Å²) in [7, 11) is 3.06. The zero-order valence-electron chi connectivity index (χ0n) is 19.5. The number of nitrogens with one attached hydrogen (secondary N) is 1. The van der Waals surface area contributed by atoms with E-state index in [1.165, 1.54) is 19.1 Å². The molecule has 0 spiro atoms. The first-order valence-electron chi connectivity index (χ1n) is 10.6. The first-order chi connectivity index (χ1) is 15.7. The van der Waals surface area contributed by atoms with Gasteiger partial charge in [-0.2, -0.15) is 0 Å². The van der Waals surface area contributed by atoms with Crippen LogP contribution in [-0.4, -0.2) is 49.6 Å². The van der Waals surface area contributed by atoms with E-state index in [2.05, 4.69) is 5.32 Å². The van der Waals surface area contributed by atoms with Crippen molar-refractivity contribution in [3.8, 4) is 17.2 Å². The van der Waals surface area contributed by atoms with E-state index >= 15 is 0 Å². The predicted molar refractivity (Wildman–Crippen MR) is 129 cm³/mol. The smallest absolute Gasteiger partial charge is 0.261 e. The number of ether oxygens (including phenoxy) is 3. The van der Waals surface area contributed by atoms with Crippen LogP contribution < -0.4 is 19.5 Å². The van der Waals surface area contributed by atoms with E-state index in [0.717, 1.165) is 5.56 Å². The Morgan fingerprint density at radius 2 is 1.58 bits per heavy atom. The molecule has 9 heteroatoms. The summed E-state index contributed by atoms with van der Waals surface area (Å²) in [6.45, 7) is 5.49. The molecule has 2 aromatic rings. The van der Waals surface area contributed by atoms with Gasteiger partial charge in [-0.1, -0.05) is 36.2 Å². The van der Waals surface area contributed by atoms with Crippen LogP contribution >= 0.6 is 23.2 Å². The van der Waals surface area contributed by atoms with Gasteiger partial charge in [-0.3, -0.25) is 9.59 Å². The second kappa shape index (κ2) is 12.6. The van der Waals surface area contributed by atoms with Crippen LogP contribution in [0.3, 0.4) is 0 Å². The minimum atomic E-state index is -0.683. The molecule has 2 aromatic carbocycles. The van der Waals surface area contributed by atoms with Gasteiger partial charge in [0, 0.05) is 30.8 Å². The van der Waals surface area contributed by atoms with Gasteiger partial charge in [0.05, 0.1) is 24.3 Å². The van der Waals surface area contributed by atoms with Crippen LogP contribution in [0.15, 0.2) is 36.4 Å². The molecule has 0 aliphatic heterocycles. The molecule has 0 radical (unpaired) electrons. The van der Waals surface area contributed by atoms with Crippen LogP contribution in [-0.2, 0) is 16.1 Å². The maximum Gasteiger partial charge on any atom is 0.261 e. The molecular weight excluding hydrogens is 467 g/mol. The lowest BCUT2D eigenvalue weighted by molar-refractivity contribution is -0.143. The van der Waals surface area contributed by atoms with E-state index in [1.807, 2.05) is 20.8 Å². The van der Waals surface area contributed by atoms with E-state index in [4.69, 9.17) is 37.4 Å². The van der Waals surface area contributed by atoms with Crippen LogP contribution in [0.1, 0.15) is 32.8 Å². The molecular formula is C24H30Cl2N2O5. The average molecular weight is 497 g/mol. The topological polar surface area (TPSA) is 77.1 Å². The van der Waals surface area contributed by atoms with E-state index in [0.29, 0.717) is 33.7 Å². The van der Waals surface area contributed by atoms with Crippen LogP contribution in [0.25, 0.3) is 0 Å². The first kappa shape index (κ1) is 26.6. The molecule has 1 N–H and O–H groups in total. The lowest BCUT2D eigenvalue weighted by Crippen LogP contribution is -2.51. The largest absolute Gasteiger partial charge is 0.496 e. The van der Waals surface area contributed by atoms with Crippen molar-refractivity contribution >= 4 is 35.0 Å². The van der Waals surface area contributed by atoms with Crippen LogP contribution in [0, 0.1) is 0 Å². The zero-order valence-corrected chi connectivity index (χ0v) is 21.0. The Labute approximate surface area is 204 Å². The summed E-state index contributed by atoms with van der Waals surface area (Å²) in [5, 5.41) is 3.68. The van der Waals surface area contributed by atoms with Gasteiger partial charge in [0.1, 0.15) is 23.3 Å². The van der Waals surface area contributed by atoms with Gasteiger partial charge < -0.3 is 24.4 Å². The summed E-state index contributed by atoms with van der Waals surface area (Å²) >= 11 is 12.2. The molecule has 33 heavy (non-hydrogen) atoms. The Hall–Kier alpha value is -2.64. The summed E-state index contributed by atoms with van der Waals surface area (Å²) in [6, 6.07) is 9.39. The normalized spacial score (nSPS) is 11.6. The number of amides is 2. The Bertz CT molecular complexity index is 946. The van der Waals surface area contributed by atoms with Crippen LogP contribution in [0.5, 0.6) is 17.2 Å². The molecule has 1 atom stereocenters. The maximum atomic E-state index is 13.3. The van der Waals surface area contributed by atoms with Gasteiger partial charge >= 0.3 is 0 Å². The van der Waals surface area contributed by atoms with E-state index in [-0.39, 0.29) is 31.0 Å². The molecule has 0 aromatic heterocycles. The van der Waals surface area contributed by atoms with Gasteiger partial charge in [-0.15, -0.1) is 0 Å². The third-order valence-electron chi connectivity index (χ3n) is 4.84. The van der Waals surface area contributed by atoms with Crippen LogP contribution in [0.2, 0.25) is 10.0 Å². The van der Waals surface area contributed by atoms with Crippen molar-refractivity contribution in [3.63, 3.8) is 0 Å². The number of nitrogens with zero attached hydrogens (tertiary/aromatic N) is 1. The van der Waals surface area contributed by atoms with E-state index in [1.54, 1.807) is 36.4 Å². The first-order valence-corrected chi connectivity index (χ1v) is 11.3. The molecule has 1 unspecified atom stereocenters. The molecule has 0 heterocycles. The summed E-state index contributed by atoms with van der Waals surface area (Å²) in [5.41, 5.74) is 0.747. The maximum absolute atomic E-state index is 13.3. The van der Waals surface area contributed by atoms with Gasteiger partial charge in [0.25, 0.3) is 5.91 Å². The van der Waals surface area contributed by atoms with Crippen LogP contribution in [0.4, 0.5) is 0 Å². The Morgan fingerprint density at radius 1 is 0.970 bits per heavy atom. The molecule has 7 nitrogen and oxygen atoms in total. The highest BCUT2D eigenvalue weighted by molar-refractivity contribution is 6.42. The minimum absolute atomic E-state index is 0.0611. The lowest BCUT2D eigenvalue weighted by Gasteiger charge is -2.31. The lowest BCUT2D eigenvalue weighted by atomic mass is 10.1. The molecule has 0 aliphatic carbocycles. The highest BCUT2D eigenvalue weighted by Crippen LogP contribution is 2.28. The molecule has 2 amide bonds. The standard InChI is InChI=1S/C24H30Cl2N2O5/c1-6-22(24(30)27-15(2)3)28(13-16-7-8-20(25)21(26)9-16)23(29)14-33-19-11-17(31-4)10-18(12-19)32-5/h7-12,15,22H,6,13-14H2,1-5H3,(H,27,30). The quantitative estimate of drug-likeness (QED) is 0.486. The van der Waals surface area contributed by atoms with Gasteiger partial charge in [-0.25, -0.2) is 0 Å². The highest BCUT2D eigenvalue weighted by atomic mass is 35.5. The van der Waals surface area contributed by atoms with Crippen molar-refractivity contribution in [3.05, 3.63) is 52.0 Å². The summed E-state index contributed by atoms with van der Waals surface area (Å²) in [4.78, 5) is 27.6. The summed E-state index contributed by atoms with van der Waals surface area (Å²) < 4.78 is 16.2. The van der Waals surface area contributed by atoms with Crippen molar-refractivity contribution < 1.29 is 23.8 Å². The van der Waals surface area contributed by atoms with Crippen molar-refractivity contribution in [2.45, 2.75) is 45.8 Å². The molecule has 0 aliphatic rings. The fourth-order valence-electron chi connectivity index (χ4n) is 3.23. The number of hydrogen-bond donors (Lipinski definition) is 1.